The van der Waals surface area contributed by atoms with Crippen LogP contribution in [0.2, 0.25) is 5.02 Å². The number of anilines is 1. The molecule has 33 heavy (non-hydrogen) atoms. The second-order valence-corrected chi connectivity index (χ2v) is 8.10. The molecule has 168 valence electrons. The summed E-state index contributed by atoms with van der Waals surface area (Å²) in [4.78, 5) is 12.7. The molecule has 0 aliphatic heterocycles. The van der Waals surface area contributed by atoms with Crippen molar-refractivity contribution in [1.29, 1.82) is 0 Å². The average molecular weight is 462 g/mol. The largest absolute Gasteiger partial charge is 0.497 e. The van der Waals surface area contributed by atoms with Crippen molar-refractivity contribution in [2.45, 2.75) is 13.8 Å². The van der Waals surface area contributed by atoms with Gasteiger partial charge in [-0.2, -0.15) is 0 Å². The van der Waals surface area contributed by atoms with E-state index in [1.54, 1.807) is 32.6 Å². The zero-order valence-corrected chi connectivity index (χ0v) is 19.6. The van der Waals surface area contributed by atoms with Gasteiger partial charge in [-0.3, -0.25) is 4.79 Å². The van der Waals surface area contributed by atoms with Crippen molar-refractivity contribution in [2.75, 3.05) is 19.5 Å². The molecule has 0 saturated heterocycles. The number of methoxy groups -OCH3 is 2. The van der Waals surface area contributed by atoms with Gasteiger partial charge in [0, 0.05) is 44.9 Å². The Kier molecular flexibility index (Phi) is 6.43. The van der Waals surface area contributed by atoms with E-state index in [2.05, 4.69) is 5.32 Å². The molecule has 0 saturated carbocycles. The third kappa shape index (κ3) is 4.59. The van der Waals surface area contributed by atoms with Crippen molar-refractivity contribution in [3.63, 3.8) is 0 Å². The van der Waals surface area contributed by atoms with Gasteiger partial charge >= 0.3 is 0 Å². The zero-order valence-electron chi connectivity index (χ0n) is 18.9. The topological polar surface area (TPSA) is 60.7 Å². The fourth-order valence-corrected chi connectivity index (χ4v) is 4.00. The summed E-state index contributed by atoms with van der Waals surface area (Å²) in [5.41, 5.74) is 5.79. The first kappa shape index (κ1) is 22.5. The molecule has 0 fully saturated rings. The van der Waals surface area contributed by atoms with E-state index in [0.29, 0.717) is 22.2 Å². The third-order valence-electron chi connectivity index (χ3n) is 5.51. The minimum Gasteiger partial charge on any atom is -0.497 e. The van der Waals surface area contributed by atoms with Crippen LogP contribution < -0.4 is 14.8 Å². The fourth-order valence-electron chi connectivity index (χ4n) is 3.88. The number of benzene rings is 3. The Balaban J connectivity index is 1.74. The van der Waals surface area contributed by atoms with E-state index in [1.165, 1.54) is 0 Å². The number of fused-ring (bicyclic) bond motifs is 1. The molecule has 1 amide bonds. The maximum Gasteiger partial charge on any atom is 0.248 e. The number of rotatable bonds is 6. The molecule has 1 heterocycles. The number of halogens is 1. The van der Waals surface area contributed by atoms with Gasteiger partial charge in [-0.15, -0.1) is 0 Å². The van der Waals surface area contributed by atoms with Crippen LogP contribution >= 0.6 is 11.6 Å². The molecule has 6 heteroatoms. The normalized spacial score (nSPS) is 11.5. The van der Waals surface area contributed by atoms with E-state index in [4.69, 9.17) is 25.5 Å². The van der Waals surface area contributed by atoms with Crippen molar-refractivity contribution in [1.82, 2.24) is 0 Å². The lowest BCUT2D eigenvalue weighted by atomic mass is 9.96. The van der Waals surface area contributed by atoms with Gasteiger partial charge in [-0.25, -0.2) is 0 Å². The first-order valence-corrected chi connectivity index (χ1v) is 10.8. The fraction of sp³-hybridized carbons (Fsp3) is 0.148. The Labute approximate surface area is 197 Å². The Morgan fingerprint density at radius 1 is 1.06 bits per heavy atom. The summed E-state index contributed by atoms with van der Waals surface area (Å²) in [6.45, 7) is 3.83. The second kappa shape index (κ2) is 9.43. The van der Waals surface area contributed by atoms with Gasteiger partial charge < -0.3 is 19.2 Å². The molecule has 3 aromatic carbocycles. The van der Waals surface area contributed by atoms with Crippen molar-refractivity contribution >= 4 is 39.7 Å². The molecular weight excluding hydrogens is 438 g/mol. The van der Waals surface area contributed by atoms with E-state index in [9.17, 15) is 4.79 Å². The lowest BCUT2D eigenvalue weighted by molar-refractivity contribution is -0.111. The number of hydrogen-bond acceptors (Lipinski definition) is 4. The number of carbonyl (C=O) groups is 1. The van der Waals surface area contributed by atoms with Crippen LogP contribution in [-0.2, 0) is 4.79 Å². The molecular formula is C27H24ClNO4. The second-order valence-electron chi connectivity index (χ2n) is 7.66. The quantitative estimate of drug-likeness (QED) is 0.310. The Morgan fingerprint density at radius 2 is 1.82 bits per heavy atom. The molecule has 0 aliphatic carbocycles. The maximum atomic E-state index is 12.7. The minimum atomic E-state index is -0.245. The van der Waals surface area contributed by atoms with Crippen molar-refractivity contribution in [2.24, 2.45) is 0 Å². The van der Waals surface area contributed by atoms with Crippen LogP contribution in [0.4, 0.5) is 5.69 Å². The van der Waals surface area contributed by atoms with Gasteiger partial charge in [0.25, 0.3) is 0 Å². The smallest absolute Gasteiger partial charge is 0.248 e. The van der Waals surface area contributed by atoms with Crippen LogP contribution in [0.1, 0.15) is 18.1 Å². The average Bonchev–Trinajstić information content (AvgIpc) is 3.24. The van der Waals surface area contributed by atoms with Crippen molar-refractivity contribution < 1.29 is 18.7 Å². The lowest BCUT2D eigenvalue weighted by Gasteiger charge is -2.13. The highest BCUT2D eigenvalue weighted by atomic mass is 35.5. The molecule has 1 N–H and O–H groups in total. The number of aryl methyl sites for hydroxylation is 1. The lowest BCUT2D eigenvalue weighted by Crippen LogP contribution is -2.08. The molecule has 0 unspecified atom stereocenters. The van der Waals surface area contributed by atoms with Gasteiger partial charge in [0.05, 0.1) is 20.5 Å². The number of hydrogen-bond donors (Lipinski definition) is 1. The van der Waals surface area contributed by atoms with Crippen LogP contribution in [0.15, 0.2) is 71.4 Å². The molecule has 0 radical (unpaired) electrons. The molecule has 0 bridgehead atoms. The Hall–Kier alpha value is -3.70. The summed E-state index contributed by atoms with van der Waals surface area (Å²) in [6.07, 6.45) is 3.29. The number of furan rings is 1. The van der Waals surface area contributed by atoms with Crippen LogP contribution in [-0.4, -0.2) is 20.1 Å². The van der Waals surface area contributed by atoms with Crippen LogP contribution in [0.5, 0.6) is 11.5 Å². The standard InChI is InChI=1S/C27H24ClNO4/c1-16(12-25(30)29-20-6-5-7-21(13-20)31-3)22-14-23-24(18-8-10-19(28)11-9-18)15-33-27(23)17(2)26(22)32-4/h5-15H,1-4H3,(H,29,30)/b16-12+. The molecule has 4 aromatic rings. The minimum absolute atomic E-state index is 0.245. The van der Waals surface area contributed by atoms with Crippen molar-refractivity contribution in [3.05, 3.63) is 83.1 Å². The predicted octanol–water partition coefficient (Wildman–Crippen LogP) is 7.12. The first-order valence-electron chi connectivity index (χ1n) is 10.4. The number of amides is 1. The summed E-state index contributed by atoms with van der Waals surface area (Å²) < 4.78 is 16.8. The Bertz CT molecular complexity index is 1350. The van der Waals surface area contributed by atoms with Gasteiger partial charge in [0.1, 0.15) is 17.1 Å². The van der Waals surface area contributed by atoms with E-state index in [1.807, 2.05) is 62.4 Å². The Morgan fingerprint density at radius 3 is 2.52 bits per heavy atom. The van der Waals surface area contributed by atoms with E-state index in [0.717, 1.165) is 38.8 Å². The third-order valence-corrected chi connectivity index (χ3v) is 5.76. The number of nitrogens with one attached hydrogen (secondary N) is 1. The predicted molar refractivity (Wildman–Crippen MR) is 133 cm³/mol. The van der Waals surface area contributed by atoms with Gasteiger partial charge in [0.2, 0.25) is 5.91 Å². The van der Waals surface area contributed by atoms with E-state index in [-0.39, 0.29) is 5.91 Å². The van der Waals surface area contributed by atoms with Crippen LogP contribution in [0, 0.1) is 6.92 Å². The van der Waals surface area contributed by atoms with Gasteiger partial charge in [-0.1, -0.05) is 29.8 Å². The summed E-state index contributed by atoms with van der Waals surface area (Å²) in [5.74, 6) is 1.10. The molecule has 4 rings (SSSR count). The molecule has 5 nitrogen and oxygen atoms in total. The summed E-state index contributed by atoms with van der Waals surface area (Å²) >= 11 is 6.05. The van der Waals surface area contributed by atoms with Crippen LogP contribution in [0.3, 0.4) is 0 Å². The summed E-state index contributed by atoms with van der Waals surface area (Å²) in [6, 6.07) is 16.8. The summed E-state index contributed by atoms with van der Waals surface area (Å²) in [5, 5.41) is 4.49. The first-order chi connectivity index (χ1) is 15.9. The molecule has 0 atom stereocenters. The van der Waals surface area contributed by atoms with E-state index < -0.39 is 0 Å². The number of ether oxygens (including phenoxy) is 2. The highest BCUT2D eigenvalue weighted by Crippen LogP contribution is 2.40. The molecule has 0 aliphatic rings. The maximum absolute atomic E-state index is 12.7. The highest BCUT2D eigenvalue weighted by molar-refractivity contribution is 6.30. The molecule has 1 aromatic heterocycles. The number of carbonyl (C=O) groups excluding carboxylic acids is 1. The van der Waals surface area contributed by atoms with Gasteiger partial charge in [0.15, 0.2) is 0 Å². The highest BCUT2D eigenvalue weighted by Gasteiger charge is 2.19. The molecule has 0 spiro atoms. The monoisotopic (exact) mass is 461 g/mol. The van der Waals surface area contributed by atoms with Gasteiger partial charge in [-0.05, 0) is 55.3 Å². The summed E-state index contributed by atoms with van der Waals surface area (Å²) in [7, 11) is 3.20. The zero-order chi connectivity index (χ0) is 23.5. The van der Waals surface area contributed by atoms with Crippen molar-refractivity contribution in [3.8, 4) is 22.6 Å². The SMILES string of the molecule is COc1cccc(NC(=O)/C=C(\C)c2cc3c(-c4ccc(Cl)cc4)coc3c(C)c2OC)c1. The van der Waals surface area contributed by atoms with Crippen LogP contribution in [0.25, 0.3) is 27.7 Å². The van der Waals surface area contributed by atoms with E-state index >= 15 is 0 Å². The number of allylic oxidation sites excluding steroid dienone is 1.